The van der Waals surface area contributed by atoms with Gasteiger partial charge in [0, 0.05) is 11.8 Å². The van der Waals surface area contributed by atoms with Crippen molar-refractivity contribution in [2.45, 2.75) is 6.61 Å². The molecule has 0 saturated carbocycles. The lowest BCUT2D eigenvalue weighted by Gasteiger charge is -2.01. The number of nitrogen functional groups attached to an aromatic ring is 1. The third-order valence-electron chi connectivity index (χ3n) is 2.03. The number of aromatic nitrogens is 3. The minimum Gasteiger partial charge on any atom is -0.391 e. The molecule has 7 nitrogen and oxygen atoms in total. The predicted octanol–water partition coefficient (Wildman–Crippen LogP) is -1.31. The second kappa shape index (κ2) is 3.21. The molecule has 0 amide bonds. The minimum absolute atomic E-state index is 0.0541. The molecule has 0 saturated heterocycles. The molecule has 2 aromatic heterocycles. The summed E-state index contributed by atoms with van der Waals surface area (Å²) in [4.78, 5) is 31.0. The van der Waals surface area contributed by atoms with E-state index in [9.17, 15) is 9.59 Å². The number of hydrogen-bond donors (Lipinski definition) is 4. The van der Waals surface area contributed by atoms with Crippen LogP contribution in [0.2, 0.25) is 0 Å². The van der Waals surface area contributed by atoms with Gasteiger partial charge in [-0.3, -0.25) is 9.78 Å². The highest BCUT2D eigenvalue weighted by molar-refractivity contribution is 5.84. The summed E-state index contributed by atoms with van der Waals surface area (Å²) in [5.41, 5.74) is 4.69. The van der Waals surface area contributed by atoms with Crippen molar-refractivity contribution in [2.75, 3.05) is 5.73 Å². The first kappa shape index (κ1) is 9.41. The van der Waals surface area contributed by atoms with E-state index in [1.54, 1.807) is 0 Å². The summed E-state index contributed by atoms with van der Waals surface area (Å²) in [7, 11) is 0. The van der Waals surface area contributed by atoms with Crippen molar-refractivity contribution < 1.29 is 5.11 Å². The van der Waals surface area contributed by atoms with Gasteiger partial charge in [0.2, 0.25) is 0 Å². The lowest BCUT2D eigenvalue weighted by Crippen LogP contribution is -2.19. The Labute approximate surface area is 82.6 Å². The zero-order valence-electron chi connectivity index (χ0n) is 7.57. The van der Waals surface area contributed by atoms with Gasteiger partial charge in [-0.15, -0.1) is 0 Å². The summed E-state index contributed by atoms with van der Waals surface area (Å²) in [6.07, 6.45) is 1.30. The molecule has 0 spiro atoms. The second-order valence-corrected chi connectivity index (χ2v) is 2.98. The maximum absolute atomic E-state index is 11.7. The zero-order chi connectivity index (χ0) is 11.0. The van der Waals surface area contributed by atoms with Gasteiger partial charge in [0.1, 0.15) is 11.2 Å². The number of nitrogens with zero attached hydrogens (tertiary/aromatic N) is 1. The Morgan fingerprint density at radius 3 is 2.87 bits per heavy atom. The maximum atomic E-state index is 11.7. The van der Waals surface area contributed by atoms with Crippen LogP contribution in [0.4, 0.5) is 5.82 Å². The van der Waals surface area contributed by atoms with Crippen LogP contribution in [0.3, 0.4) is 0 Å². The van der Waals surface area contributed by atoms with Crippen LogP contribution in [0, 0.1) is 0 Å². The van der Waals surface area contributed by atoms with Gasteiger partial charge < -0.3 is 15.8 Å². The van der Waals surface area contributed by atoms with E-state index >= 15 is 0 Å². The van der Waals surface area contributed by atoms with Crippen molar-refractivity contribution in [3.63, 3.8) is 0 Å². The van der Waals surface area contributed by atoms with Crippen molar-refractivity contribution in [3.8, 4) is 0 Å². The van der Waals surface area contributed by atoms with Gasteiger partial charge in [0.15, 0.2) is 11.1 Å². The predicted molar refractivity (Wildman–Crippen MR) is 53.3 cm³/mol. The fourth-order valence-corrected chi connectivity index (χ4v) is 1.32. The standard InChI is InChI=1S/C8H8N4O3/c9-6-4-5(14)3(2-13)1-10-7(4)12-8(15)11-6/h1,13H,2H2,(H4,9,10,11,12,14,15). The monoisotopic (exact) mass is 208 g/mol. The number of H-pyrrole nitrogens is 2. The molecular weight excluding hydrogens is 200 g/mol. The van der Waals surface area contributed by atoms with E-state index in [4.69, 9.17) is 10.8 Å². The van der Waals surface area contributed by atoms with Crippen molar-refractivity contribution in [3.05, 3.63) is 32.5 Å². The van der Waals surface area contributed by atoms with Crippen molar-refractivity contribution in [2.24, 2.45) is 0 Å². The van der Waals surface area contributed by atoms with Gasteiger partial charge in [0.25, 0.3) is 0 Å². The van der Waals surface area contributed by atoms with E-state index < -0.39 is 17.7 Å². The van der Waals surface area contributed by atoms with Crippen LogP contribution in [-0.4, -0.2) is 20.1 Å². The first-order chi connectivity index (χ1) is 7.13. The van der Waals surface area contributed by atoms with Crippen molar-refractivity contribution in [1.82, 2.24) is 15.0 Å². The SMILES string of the molecule is Nc1[nH]c(=O)nc2[nH]cc(CO)c(=O)c12. The molecule has 0 unspecified atom stereocenters. The maximum Gasteiger partial charge on any atom is 0.348 e. The third kappa shape index (κ3) is 1.38. The summed E-state index contributed by atoms with van der Waals surface area (Å²) >= 11 is 0. The van der Waals surface area contributed by atoms with E-state index in [1.807, 2.05) is 0 Å². The normalized spacial score (nSPS) is 10.7. The molecular formula is C8H8N4O3. The van der Waals surface area contributed by atoms with Crippen LogP contribution >= 0.6 is 0 Å². The molecule has 0 atom stereocenters. The molecule has 0 aliphatic heterocycles. The minimum atomic E-state index is -0.632. The van der Waals surface area contributed by atoms with Gasteiger partial charge in [0.05, 0.1) is 6.61 Å². The highest BCUT2D eigenvalue weighted by Crippen LogP contribution is 2.08. The van der Waals surface area contributed by atoms with Gasteiger partial charge in [-0.05, 0) is 0 Å². The molecule has 0 aliphatic rings. The first-order valence-electron chi connectivity index (χ1n) is 4.14. The van der Waals surface area contributed by atoms with Gasteiger partial charge >= 0.3 is 5.69 Å². The topological polar surface area (TPSA) is 125 Å². The number of anilines is 1. The fraction of sp³-hybridized carbons (Fsp3) is 0.125. The van der Waals surface area contributed by atoms with Crippen LogP contribution in [0.25, 0.3) is 11.0 Å². The highest BCUT2D eigenvalue weighted by Gasteiger charge is 2.09. The van der Waals surface area contributed by atoms with Crippen LogP contribution < -0.4 is 16.9 Å². The number of nitrogens with two attached hydrogens (primary N) is 1. The molecule has 0 radical (unpaired) electrons. The Hall–Kier alpha value is -2.15. The first-order valence-corrected chi connectivity index (χ1v) is 4.14. The van der Waals surface area contributed by atoms with Gasteiger partial charge in [-0.25, -0.2) is 4.79 Å². The largest absolute Gasteiger partial charge is 0.391 e. The number of aliphatic hydroxyl groups excluding tert-OH is 1. The molecule has 0 aliphatic carbocycles. The smallest absolute Gasteiger partial charge is 0.348 e. The summed E-state index contributed by atoms with van der Waals surface area (Å²) in [6, 6.07) is 0. The Bertz CT molecular complexity index is 628. The number of rotatable bonds is 1. The molecule has 2 rings (SSSR count). The Kier molecular flexibility index (Phi) is 2.01. The van der Waals surface area contributed by atoms with Crippen LogP contribution in [0.5, 0.6) is 0 Å². The van der Waals surface area contributed by atoms with Crippen LogP contribution in [-0.2, 0) is 6.61 Å². The van der Waals surface area contributed by atoms with Gasteiger partial charge in [-0.1, -0.05) is 0 Å². The number of aromatic amines is 2. The number of nitrogens with one attached hydrogen (secondary N) is 2. The Balaban J connectivity index is 3.00. The molecule has 0 fully saturated rings. The zero-order valence-corrected chi connectivity index (χ0v) is 7.57. The molecule has 0 aromatic carbocycles. The molecule has 15 heavy (non-hydrogen) atoms. The lowest BCUT2D eigenvalue weighted by atomic mass is 10.2. The second-order valence-electron chi connectivity index (χ2n) is 2.98. The number of fused-ring (bicyclic) bond motifs is 1. The average Bonchev–Trinajstić information content (AvgIpc) is 2.17. The van der Waals surface area contributed by atoms with E-state index in [1.165, 1.54) is 6.20 Å². The highest BCUT2D eigenvalue weighted by atomic mass is 16.3. The molecule has 7 heteroatoms. The van der Waals surface area contributed by atoms with Crippen LogP contribution in [0.15, 0.2) is 15.8 Å². The van der Waals surface area contributed by atoms with Crippen LogP contribution in [0.1, 0.15) is 5.56 Å². The summed E-state index contributed by atoms with van der Waals surface area (Å²) in [6.45, 7) is -0.399. The molecule has 2 heterocycles. The third-order valence-corrected chi connectivity index (χ3v) is 2.03. The molecule has 5 N–H and O–H groups in total. The summed E-state index contributed by atoms with van der Waals surface area (Å²) < 4.78 is 0. The number of aliphatic hydroxyl groups is 1. The van der Waals surface area contributed by atoms with Crippen molar-refractivity contribution >= 4 is 16.9 Å². The van der Waals surface area contributed by atoms with Gasteiger partial charge in [-0.2, -0.15) is 4.98 Å². The summed E-state index contributed by atoms with van der Waals surface area (Å²) in [5.74, 6) is -0.0541. The molecule has 0 bridgehead atoms. The quantitative estimate of drug-likeness (QED) is 0.463. The lowest BCUT2D eigenvalue weighted by molar-refractivity contribution is 0.280. The molecule has 78 valence electrons. The Morgan fingerprint density at radius 2 is 2.20 bits per heavy atom. The fourth-order valence-electron chi connectivity index (χ4n) is 1.32. The van der Waals surface area contributed by atoms with E-state index in [0.29, 0.717) is 0 Å². The van der Waals surface area contributed by atoms with E-state index in [0.717, 1.165) is 0 Å². The Morgan fingerprint density at radius 1 is 1.47 bits per heavy atom. The molecule has 2 aromatic rings. The summed E-state index contributed by atoms with van der Waals surface area (Å²) in [5, 5.41) is 8.95. The number of hydrogen-bond acceptors (Lipinski definition) is 5. The van der Waals surface area contributed by atoms with E-state index in [-0.39, 0.29) is 22.4 Å². The average molecular weight is 208 g/mol. The number of pyridine rings is 1. The van der Waals surface area contributed by atoms with Crippen molar-refractivity contribution in [1.29, 1.82) is 0 Å². The van der Waals surface area contributed by atoms with E-state index in [2.05, 4.69) is 15.0 Å².